The smallest absolute Gasteiger partial charge is 0.227 e. The van der Waals surface area contributed by atoms with Crippen molar-refractivity contribution < 1.29 is 4.79 Å². The summed E-state index contributed by atoms with van der Waals surface area (Å²) in [4.78, 5) is 14.0. The molecule has 1 aliphatic rings. The van der Waals surface area contributed by atoms with Crippen LogP contribution in [0, 0.1) is 0 Å². The summed E-state index contributed by atoms with van der Waals surface area (Å²) in [5, 5.41) is 0. The zero-order valence-electron chi connectivity index (χ0n) is 10.4. The average molecular weight is 233 g/mol. The van der Waals surface area contributed by atoms with E-state index in [0.717, 1.165) is 24.2 Å². The number of aryl methyl sites for hydroxylation is 1. The molecule has 4 heteroatoms. The van der Waals surface area contributed by atoms with Crippen molar-refractivity contribution in [1.29, 1.82) is 0 Å². The van der Waals surface area contributed by atoms with E-state index in [1.165, 1.54) is 5.56 Å². The first-order valence-corrected chi connectivity index (χ1v) is 6.05. The molecule has 0 spiro atoms. The van der Waals surface area contributed by atoms with Gasteiger partial charge in [-0.2, -0.15) is 0 Å². The molecule has 3 N–H and O–H groups in total. The van der Waals surface area contributed by atoms with Gasteiger partial charge >= 0.3 is 0 Å². The van der Waals surface area contributed by atoms with Gasteiger partial charge in [-0.25, -0.2) is 0 Å². The molecule has 92 valence electrons. The molecule has 0 atom stereocenters. The third-order valence-electron chi connectivity index (χ3n) is 3.13. The fourth-order valence-corrected chi connectivity index (χ4v) is 2.36. The monoisotopic (exact) mass is 233 g/mol. The van der Waals surface area contributed by atoms with E-state index >= 15 is 0 Å². The minimum atomic E-state index is 0.191. The molecule has 0 saturated carbocycles. The average Bonchev–Trinajstić information content (AvgIpc) is 2.46. The Morgan fingerprint density at radius 2 is 2.12 bits per heavy atom. The largest absolute Gasteiger partial charge is 0.324 e. The number of hydrogen-bond acceptors (Lipinski definition) is 3. The number of hydrazine groups is 1. The SMILES string of the molecule is CC(C)N1C(=O)CCCc2cc(NN)ccc21. The number of nitrogen functional groups attached to an aromatic ring is 1. The van der Waals surface area contributed by atoms with E-state index in [9.17, 15) is 4.79 Å². The van der Waals surface area contributed by atoms with Crippen LogP contribution in [-0.2, 0) is 11.2 Å². The summed E-state index contributed by atoms with van der Waals surface area (Å²) in [6.07, 6.45) is 2.46. The van der Waals surface area contributed by atoms with Crippen molar-refractivity contribution in [1.82, 2.24) is 0 Å². The molecule has 1 amide bonds. The molecule has 0 aromatic heterocycles. The number of nitrogens with one attached hydrogen (secondary N) is 1. The van der Waals surface area contributed by atoms with Crippen molar-refractivity contribution in [3.8, 4) is 0 Å². The maximum absolute atomic E-state index is 12.1. The van der Waals surface area contributed by atoms with Crippen LogP contribution in [-0.4, -0.2) is 11.9 Å². The van der Waals surface area contributed by atoms with Crippen molar-refractivity contribution in [2.45, 2.75) is 39.2 Å². The number of anilines is 2. The highest BCUT2D eigenvalue weighted by Crippen LogP contribution is 2.30. The molecule has 0 aliphatic carbocycles. The lowest BCUT2D eigenvalue weighted by Crippen LogP contribution is -2.36. The summed E-state index contributed by atoms with van der Waals surface area (Å²) in [7, 11) is 0. The van der Waals surface area contributed by atoms with Crippen LogP contribution in [0.1, 0.15) is 32.3 Å². The molecular weight excluding hydrogens is 214 g/mol. The topological polar surface area (TPSA) is 58.4 Å². The molecule has 1 heterocycles. The van der Waals surface area contributed by atoms with Gasteiger partial charge in [0.1, 0.15) is 0 Å². The lowest BCUT2D eigenvalue weighted by molar-refractivity contribution is -0.118. The highest BCUT2D eigenvalue weighted by molar-refractivity contribution is 5.95. The predicted octanol–water partition coefficient (Wildman–Crippen LogP) is 2.05. The van der Waals surface area contributed by atoms with E-state index in [4.69, 9.17) is 5.84 Å². The number of rotatable bonds is 2. The normalized spacial score (nSPS) is 15.8. The Hall–Kier alpha value is -1.55. The van der Waals surface area contributed by atoms with Crippen LogP contribution in [0.15, 0.2) is 18.2 Å². The minimum Gasteiger partial charge on any atom is -0.324 e. The van der Waals surface area contributed by atoms with Gasteiger partial charge in [0.2, 0.25) is 5.91 Å². The summed E-state index contributed by atoms with van der Waals surface area (Å²) >= 11 is 0. The van der Waals surface area contributed by atoms with Crippen LogP contribution in [0.25, 0.3) is 0 Å². The first-order valence-electron chi connectivity index (χ1n) is 6.05. The van der Waals surface area contributed by atoms with Gasteiger partial charge in [-0.1, -0.05) is 0 Å². The lowest BCUT2D eigenvalue weighted by atomic mass is 10.1. The van der Waals surface area contributed by atoms with Crippen molar-refractivity contribution in [3.63, 3.8) is 0 Å². The van der Waals surface area contributed by atoms with Gasteiger partial charge in [-0.3, -0.25) is 10.6 Å². The van der Waals surface area contributed by atoms with E-state index in [-0.39, 0.29) is 11.9 Å². The number of carbonyl (C=O) groups excluding carboxylic acids is 1. The Bertz CT molecular complexity index is 429. The van der Waals surface area contributed by atoms with Gasteiger partial charge in [0.15, 0.2) is 0 Å². The molecule has 0 bridgehead atoms. The Morgan fingerprint density at radius 1 is 1.35 bits per heavy atom. The number of benzene rings is 1. The Balaban J connectivity index is 2.47. The molecule has 1 aromatic rings. The Labute approximate surface area is 102 Å². The summed E-state index contributed by atoms with van der Waals surface area (Å²) < 4.78 is 0. The number of carbonyl (C=O) groups is 1. The van der Waals surface area contributed by atoms with E-state index in [1.54, 1.807) is 0 Å². The summed E-state index contributed by atoms with van der Waals surface area (Å²) in [6.45, 7) is 4.09. The van der Waals surface area contributed by atoms with Gasteiger partial charge in [-0.05, 0) is 50.5 Å². The molecule has 4 nitrogen and oxygen atoms in total. The minimum absolute atomic E-state index is 0.191. The van der Waals surface area contributed by atoms with Gasteiger partial charge in [0, 0.05) is 23.8 Å². The molecule has 1 aliphatic heterocycles. The van der Waals surface area contributed by atoms with Crippen molar-refractivity contribution in [3.05, 3.63) is 23.8 Å². The number of hydrogen-bond donors (Lipinski definition) is 2. The third-order valence-corrected chi connectivity index (χ3v) is 3.13. The molecule has 1 aromatic carbocycles. The van der Waals surface area contributed by atoms with Crippen molar-refractivity contribution in [2.24, 2.45) is 5.84 Å². The Kier molecular flexibility index (Phi) is 3.33. The maximum Gasteiger partial charge on any atom is 0.227 e. The highest BCUT2D eigenvalue weighted by Gasteiger charge is 2.24. The second-order valence-corrected chi connectivity index (χ2v) is 4.70. The lowest BCUT2D eigenvalue weighted by Gasteiger charge is -2.27. The second-order valence-electron chi connectivity index (χ2n) is 4.70. The fraction of sp³-hybridized carbons (Fsp3) is 0.462. The molecule has 17 heavy (non-hydrogen) atoms. The van der Waals surface area contributed by atoms with Gasteiger partial charge < -0.3 is 10.3 Å². The van der Waals surface area contributed by atoms with E-state index in [2.05, 4.69) is 5.43 Å². The molecule has 0 radical (unpaired) electrons. The van der Waals surface area contributed by atoms with E-state index < -0.39 is 0 Å². The highest BCUT2D eigenvalue weighted by atomic mass is 16.2. The molecular formula is C13H19N3O. The summed E-state index contributed by atoms with van der Waals surface area (Å²) in [5.41, 5.74) is 5.76. The standard InChI is InChI=1S/C13H19N3O/c1-9(2)16-12-7-6-11(15-14)8-10(12)4-3-5-13(16)17/h6-9,15H,3-5,14H2,1-2H3. The zero-order chi connectivity index (χ0) is 12.4. The first kappa shape index (κ1) is 11.9. The summed E-state index contributed by atoms with van der Waals surface area (Å²) in [5.74, 6) is 5.63. The van der Waals surface area contributed by atoms with Gasteiger partial charge in [-0.15, -0.1) is 0 Å². The van der Waals surface area contributed by atoms with Crippen LogP contribution >= 0.6 is 0 Å². The van der Waals surface area contributed by atoms with Gasteiger partial charge in [0.25, 0.3) is 0 Å². The molecule has 0 saturated heterocycles. The first-order chi connectivity index (χ1) is 8.13. The molecule has 0 fully saturated rings. The van der Waals surface area contributed by atoms with Crippen molar-refractivity contribution >= 4 is 17.3 Å². The quantitative estimate of drug-likeness (QED) is 0.607. The number of fused-ring (bicyclic) bond motifs is 1. The van der Waals surface area contributed by atoms with E-state index in [0.29, 0.717) is 6.42 Å². The van der Waals surface area contributed by atoms with Crippen LogP contribution in [0.4, 0.5) is 11.4 Å². The van der Waals surface area contributed by atoms with Gasteiger partial charge in [0.05, 0.1) is 0 Å². The van der Waals surface area contributed by atoms with Crippen LogP contribution in [0.3, 0.4) is 0 Å². The van der Waals surface area contributed by atoms with Crippen LogP contribution < -0.4 is 16.2 Å². The fourth-order valence-electron chi connectivity index (χ4n) is 2.36. The molecule has 0 unspecified atom stereocenters. The Morgan fingerprint density at radius 3 is 2.76 bits per heavy atom. The zero-order valence-corrected chi connectivity index (χ0v) is 10.4. The third kappa shape index (κ3) is 2.26. The maximum atomic E-state index is 12.1. The van der Waals surface area contributed by atoms with Crippen LogP contribution in [0.5, 0.6) is 0 Å². The number of amides is 1. The second kappa shape index (κ2) is 4.75. The van der Waals surface area contributed by atoms with Crippen LogP contribution in [0.2, 0.25) is 0 Å². The van der Waals surface area contributed by atoms with Crippen molar-refractivity contribution in [2.75, 3.05) is 10.3 Å². The predicted molar refractivity (Wildman–Crippen MR) is 69.8 cm³/mol. The molecule has 2 rings (SSSR count). The summed E-state index contributed by atoms with van der Waals surface area (Å²) in [6, 6.07) is 6.11. The van der Waals surface area contributed by atoms with E-state index in [1.807, 2.05) is 36.9 Å². The number of nitrogens with two attached hydrogens (primary N) is 1. The number of nitrogens with zero attached hydrogens (tertiary/aromatic N) is 1.